The van der Waals surface area contributed by atoms with Crippen LogP contribution in [0.3, 0.4) is 0 Å². The molecule has 48 valence electrons. The summed E-state index contributed by atoms with van der Waals surface area (Å²) in [4.78, 5) is 9.47. The molecule has 0 saturated heterocycles. The van der Waals surface area contributed by atoms with E-state index in [0.29, 0.717) is 0 Å². The number of nitro groups is 1. The first-order chi connectivity index (χ1) is 3.55. The average Bonchev–Trinajstić information content (AvgIpc) is 1.64. The van der Waals surface area contributed by atoms with Gasteiger partial charge in [0.2, 0.25) is 6.04 Å². The largest absolute Gasteiger partial charge is 0.264 e. The molecule has 0 aliphatic rings. The van der Waals surface area contributed by atoms with Crippen LogP contribution in [-0.4, -0.2) is 16.3 Å². The number of alkyl halides is 1. The second kappa shape index (κ2) is 2.87. The van der Waals surface area contributed by atoms with Crippen LogP contribution >= 0.6 is 11.6 Å². The molecule has 4 heteroatoms. The minimum atomic E-state index is -0.642. The Hall–Kier alpha value is -0.310. The highest BCUT2D eigenvalue weighted by Gasteiger charge is 2.18. The van der Waals surface area contributed by atoms with Gasteiger partial charge < -0.3 is 0 Å². The van der Waals surface area contributed by atoms with Gasteiger partial charge in [0.25, 0.3) is 0 Å². The van der Waals surface area contributed by atoms with Crippen molar-refractivity contribution >= 4 is 11.6 Å². The fourth-order valence-corrected chi connectivity index (χ4v) is 0.260. The molecule has 0 N–H and O–H groups in total. The third-order valence-electron chi connectivity index (χ3n) is 0.997. The molecule has 0 bridgehead atoms. The Morgan fingerprint density at radius 1 is 1.62 bits per heavy atom. The van der Waals surface area contributed by atoms with Crippen molar-refractivity contribution in [2.75, 3.05) is 0 Å². The summed E-state index contributed by atoms with van der Waals surface area (Å²) in [7, 11) is 0. The van der Waals surface area contributed by atoms with E-state index < -0.39 is 11.0 Å². The Balaban J connectivity index is 3.64. The van der Waals surface area contributed by atoms with Gasteiger partial charge in [0.05, 0.1) is 5.38 Å². The van der Waals surface area contributed by atoms with E-state index in [1.54, 1.807) is 6.92 Å². The molecule has 0 heterocycles. The number of rotatable bonds is 2. The first kappa shape index (κ1) is 7.69. The quantitative estimate of drug-likeness (QED) is 0.327. The van der Waals surface area contributed by atoms with Crippen LogP contribution in [0.5, 0.6) is 0 Å². The zero-order valence-electron chi connectivity index (χ0n) is 4.80. The van der Waals surface area contributed by atoms with E-state index in [9.17, 15) is 10.1 Å². The van der Waals surface area contributed by atoms with Crippen LogP contribution in [0.25, 0.3) is 0 Å². The van der Waals surface area contributed by atoms with Gasteiger partial charge in [-0.3, -0.25) is 10.1 Å². The molecule has 0 aromatic carbocycles. The van der Waals surface area contributed by atoms with Gasteiger partial charge >= 0.3 is 0 Å². The molecule has 3 nitrogen and oxygen atoms in total. The van der Waals surface area contributed by atoms with E-state index >= 15 is 0 Å². The second-order valence-electron chi connectivity index (χ2n) is 1.70. The average molecular weight is 138 g/mol. The third-order valence-corrected chi connectivity index (χ3v) is 1.36. The zero-order chi connectivity index (χ0) is 6.73. The molecule has 0 aromatic heterocycles. The molecule has 0 radical (unpaired) electrons. The summed E-state index contributed by atoms with van der Waals surface area (Å²) in [6.07, 6.45) is 0. The molecule has 0 amide bonds. The highest BCUT2D eigenvalue weighted by molar-refractivity contribution is 6.20. The van der Waals surface area contributed by atoms with Gasteiger partial charge in [-0.1, -0.05) is 0 Å². The monoisotopic (exact) mass is 137 g/mol. The van der Waals surface area contributed by atoms with Crippen LogP contribution in [0.1, 0.15) is 13.8 Å². The molecule has 0 aromatic rings. The van der Waals surface area contributed by atoms with E-state index in [2.05, 4.69) is 0 Å². The van der Waals surface area contributed by atoms with Crippen molar-refractivity contribution < 1.29 is 4.92 Å². The lowest BCUT2D eigenvalue weighted by Crippen LogP contribution is -2.23. The first-order valence-electron chi connectivity index (χ1n) is 2.33. The molecular weight excluding hydrogens is 130 g/mol. The summed E-state index contributed by atoms with van der Waals surface area (Å²) in [5.41, 5.74) is 0. The van der Waals surface area contributed by atoms with Crippen molar-refractivity contribution in [2.45, 2.75) is 25.3 Å². The van der Waals surface area contributed by atoms with Crippen LogP contribution in [-0.2, 0) is 0 Å². The molecule has 0 spiro atoms. The maximum absolute atomic E-state index is 9.86. The van der Waals surface area contributed by atoms with E-state index in [4.69, 9.17) is 11.6 Å². The third kappa shape index (κ3) is 2.12. The SMILES string of the molecule is CC(Cl)[C@H](C)[N+](=O)[O-]. The lowest BCUT2D eigenvalue weighted by molar-refractivity contribution is -0.517. The van der Waals surface area contributed by atoms with E-state index in [-0.39, 0.29) is 5.38 Å². The standard InChI is InChI=1S/C4H8ClNO2/c1-3(5)4(2)6(7)8/h3-4H,1-2H3/t3?,4-/m0/s1. The number of hydrogen-bond donors (Lipinski definition) is 0. The van der Waals surface area contributed by atoms with Crippen LogP contribution in [0.4, 0.5) is 0 Å². The zero-order valence-corrected chi connectivity index (χ0v) is 5.55. The van der Waals surface area contributed by atoms with Gasteiger partial charge in [-0.2, -0.15) is 0 Å². The van der Waals surface area contributed by atoms with E-state index in [1.807, 2.05) is 0 Å². The Morgan fingerprint density at radius 3 is 2.00 bits per heavy atom. The second-order valence-corrected chi connectivity index (χ2v) is 2.39. The maximum atomic E-state index is 9.86. The van der Waals surface area contributed by atoms with Gasteiger partial charge in [-0.25, -0.2) is 0 Å². The normalized spacial score (nSPS) is 17.4. The number of hydrogen-bond acceptors (Lipinski definition) is 2. The highest BCUT2D eigenvalue weighted by Crippen LogP contribution is 2.02. The fraction of sp³-hybridized carbons (Fsp3) is 1.00. The number of nitrogens with zero attached hydrogens (tertiary/aromatic N) is 1. The summed E-state index contributed by atoms with van der Waals surface area (Å²) in [5, 5.41) is 9.48. The predicted molar refractivity (Wildman–Crippen MR) is 31.8 cm³/mol. The van der Waals surface area contributed by atoms with Crippen LogP contribution in [0.15, 0.2) is 0 Å². The highest BCUT2D eigenvalue weighted by atomic mass is 35.5. The molecule has 0 saturated carbocycles. The maximum Gasteiger partial charge on any atom is 0.226 e. The Kier molecular flexibility index (Phi) is 2.76. The topological polar surface area (TPSA) is 43.1 Å². The van der Waals surface area contributed by atoms with Crippen LogP contribution < -0.4 is 0 Å². The fourth-order valence-electron chi connectivity index (χ4n) is 0.168. The molecule has 0 fully saturated rings. The summed E-state index contributed by atoms with van der Waals surface area (Å²) in [6.45, 7) is 3.09. The molecule has 0 aliphatic carbocycles. The van der Waals surface area contributed by atoms with Gasteiger partial charge in [-0.15, -0.1) is 11.6 Å². The molecule has 2 atom stereocenters. The summed E-state index contributed by atoms with van der Waals surface area (Å²) in [6, 6.07) is -0.642. The van der Waals surface area contributed by atoms with Crippen molar-refractivity contribution in [3.05, 3.63) is 10.1 Å². The first-order valence-corrected chi connectivity index (χ1v) is 2.77. The van der Waals surface area contributed by atoms with E-state index in [0.717, 1.165) is 0 Å². The van der Waals surface area contributed by atoms with Crippen molar-refractivity contribution in [3.63, 3.8) is 0 Å². The number of halogens is 1. The van der Waals surface area contributed by atoms with Crippen molar-refractivity contribution in [2.24, 2.45) is 0 Å². The summed E-state index contributed by atoms with van der Waals surface area (Å²) in [5.74, 6) is 0. The lowest BCUT2D eigenvalue weighted by Gasteiger charge is -2.02. The summed E-state index contributed by atoms with van der Waals surface area (Å²) >= 11 is 5.38. The Labute approximate surface area is 52.8 Å². The molecule has 0 aliphatic heterocycles. The lowest BCUT2D eigenvalue weighted by atomic mass is 10.3. The molecule has 1 unspecified atom stereocenters. The summed E-state index contributed by atoms with van der Waals surface area (Å²) < 4.78 is 0. The Morgan fingerprint density at radius 2 is 2.00 bits per heavy atom. The Bertz CT molecular complexity index is 94.0. The van der Waals surface area contributed by atoms with Crippen LogP contribution in [0.2, 0.25) is 0 Å². The van der Waals surface area contributed by atoms with Crippen molar-refractivity contribution in [1.82, 2.24) is 0 Å². The van der Waals surface area contributed by atoms with Crippen molar-refractivity contribution in [3.8, 4) is 0 Å². The molecule has 8 heavy (non-hydrogen) atoms. The van der Waals surface area contributed by atoms with E-state index in [1.165, 1.54) is 6.92 Å². The molecule has 0 rings (SSSR count). The smallest absolute Gasteiger partial charge is 0.226 e. The molecular formula is C4H8ClNO2. The van der Waals surface area contributed by atoms with Gasteiger partial charge in [-0.05, 0) is 6.92 Å². The van der Waals surface area contributed by atoms with Gasteiger partial charge in [0.15, 0.2) is 0 Å². The minimum absolute atomic E-state index is 0.384. The minimum Gasteiger partial charge on any atom is -0.264 e. The van der Waals surface area contributed by atoms with Crippen molar-refractivity contribution in [1.29, 1.82) is 0 Å². The van der Waals surface area contributed by atoms with Gasteiger partial charge in [0, 0.05) is 11.8 Å². The van der Waals surface area contributed by atoms with Gasteiger partial charge in [0.1, 0.15) is 0 Å². The van der Waals surface area contributed by atoms with Crippen LogP contribution in [0, 0.1) is 10.1 Å². The predicted octanol–water partition coefficient (Wildman–Crippen LogP) is 1.28.